The third-order valence-electron chi connectivity index (χ3n) is 0.287. The van der Waals surface area contributed by atoms with Crippen molar-refractivity contribution in [2.24, 2.45) is 0 Å². The van der Waals surface area contributed by atoms with Crippen molar-refractivity contribution in [3.8, 4) is 0 Å². The largest absolute Gasteiger partial charge is 0.469 e. The molecule has 0 aromatic carbocycles. The van der Waals surface area contributed by atoms with Gasteiger partial charge in [-0.05, 0) is 0 Å². The van der Waals surface area contributed by atoms with E-state index >= 15 is 0 Å². The Morgan fingerprint density at radius 3 is 1.67 bits per heavy atom. The molecule has 0 aliphatic heterocycles. The zero-order valence-corrected chi connectivity index (χ0v) is 7.22. The molecule has 0 aromatic heterocycles. The van der Waals surface area contributed by atoms with Crippen LogP contribution in [0.3, 0.4) is 0 Å². The number of methoxy groups -OCH3 is 1. The number of carbonyl (C=O) groups is 1. The molecule has 0 unspecified atom stereocenters. The first kappa shape index (κ1) is 11.9. The number of ether oxygens (including phenoxy) is 1. The normalized spacial score (nSPS) is 7.67. The molecule has 0 aliphatic rings. The first-order valence-electron chi connectivity index (χ1n) is 1.79. The van der Waals surface area contributed by atoms with E-state index in [2.05, 4.69) is 26.1 Å². The maximum Gasteiger partial charge on any atom is 0.302 e. The average Bonchev–Trinajstić information content (AvgIpc) is 1.65. The van der Waals surface area contributed by atoms with Crippen molar-refractivity contribution in [2.75, 3.05) is 7.11 Å². The minimum Gasteiger partial charge on any atom is -0.469 e. The van der Waals surface area contributed by atoms with Gasteiger partial charge in [0, 0.05) is 28.3 Å². The van der Waals surface area contributed by atoms with Crippen LogP contribution in [0.1, 0.15) is 6.92 Å². The Balaban J connectivity index is 0. The molecule has 0 aliphatic carbocycles. The molecule has 6 heteroatoms. The van der Waals surface area contributed by atoms with E-state index in [1.807, 2.05) is 0 Å². The number of hydrogen-bond donors (Lipinski definition) is 0. The van der Waals surface area contributed by atoms with E-state index in [1.165, 1.54) is 14.0 Å². The van der Waals surface area contributed by atoms with Crippen LogP contribution in [0.25, 0.3) is 0 Å². The van der Waals surface area contributed by atoms with E-state index < -0.39 is 9.23 Å². The maximum atomic E-state index is 9.59. The fraction of sp³-hybridized carbons (Fsp3) is 0.667. The lowest BCUT2D eigenvalue weighted by Gasteiger charge is -1.80. The van der Waals surface area contributed by atoms with Crippen LogP contribution < -0.4 is 0 Å². The summed E-state index contributed by atoms with van der Waals surface area (Å²) in [6, 6.07) is 0. The van der Waals surface area contributed by atoms with Crippen LogP contribution in [0.2, 0.25) is 0 Å². The summed E-state index contributed by atoms with van der Waals surface area (Å²) in [6.07, 6.45) is 0. The highest BCUT2D eigenvalue weighted by molar-refractivity contribution is 8.26. The molecule has 0 aromatic rings. The molecule has 0 fully saturated rings. The van der Waals surface area contributed by atoms with Crippen molar-refractivity contribution in [3.05, 3.63) is 0 Å². The summed E-state index contributed by atoms with van der Waals surface area (Å²) < 4.78 is 13.2. The van der Waals surface area contributed by atoms with Gasteiger partial charge in [0.15, 0.2) is 0 Å². The fourth-order valence-corrected chi connectivity index (χ4v) is 0. The molecule has 3 nitrogen and oxygen atoms in total. The predicted octanol–water partition coefficient (Wildman–Crippen LogP) is 1.22. The monoisotopic (exact) mass is 192 g/mol. The standard InChI is InChI=1S/C3H6O2.Cl2OS/c1-3(4)5-2;1-4(2)3/h1-2H3;. The Labute approximate surface area is 64.7 Å². The summed E-state index contributed by atoms with van der Waals surface area (Å²) >= 11 is 0. The van der Waals surface area contributed by atoms with Crippen molar-refractivity contribution < 1.29 is 13.7 Å². The minimum atomic E-state index is -1.67. The summed E-state index contributed by atoms with van der Waals surface area (Å²) in [5.41, 5.74) is 0. The number of rotatable bonds is 0. The highest BCUT2D eigenvalue weighted by Crippen LogP contribution is 1.89. The Bertz CT molecular complexity index is 101. The van der Waals surface area contributed by atoms with Crippen molar-refractivity contribution in [2.45, 2.75) is 6.92 Å². The molecule has 0 rings (SSSR count). The Hall–Kier alpha value is 0.200. The fourth-order valence-electron chi connectivity index (χ4n) is 0. The van der Waals surface area contributed by atoms with Gasteiger partial charge >= 0.3 is 5.97 Å². The van der Waals surface area contributed by atoms with Gasteiger partial charge < -0.3 is 4.74 Å². The van der Waals surface area contributed by atoms with Gasteiger partial charge in [0.05, 0.1) is 7.11 Å². The molecule has 0 bridgehead atoms. The van der Waals surface area contributed by atoms with E-state index in [1.54, 1.807) is 0 Å². The third kappa shape index (κ3) is 65.1. The van der Waals surface area contributed by atoms with Crippen LogP contribution in [0.15, 0.2) is 0 Å². The second-order valence-corrected chi connectivity index (χ2v) is 3.40. The van der Waals surface area contributed by atoms with E-state index in [-0.39, 0.29) is 5.97 Å². The Kier molecular flexibility index (Phi) is 10.9. The highest BCUT2D eigenvalue weighted by atomic mass is 36.0. The van der Waals surface area contributed by atoms with Crippen LogP contribution in [0.5, 0.6) is 0 Å². The topological polar surface area (TPSA) is 43.4 Å². The van der Waals surface area contributed by atoms with Crippen LogP contribution in [0.4, 0.5) is 0 Å². The van der Waals surface area contributed by atoms with Gasteiger partial charge in [-0.1, -0.05) is 0 Å². The average molecular weight is 193 g/mol. The zero-order valence-electron chi connectivity index (χ0n) is 4.89. The lowest BCUT2D eigenvalue weighted by Crippen LogP contribution is -1.88. The Morgan fingerprint density at radius 1 is 1.56 bits per heavy atom. The minimum absolute atomic E-state index is 0.245. The van der Waals surface area contributed by atoms with Gasteiger partial charge in [-0.15, -0.1) is 0 Å². The first-order valence-corrected chi connectivity index (χ1v) is 4.59. The van der Waals surface area contributed by atoms with Crippen LogP contribution >= 0.6 is 21.4 Å². The molecular weight excluding hydrogens is 187 g/mol. The van der Waals surface area contributed by atoms with Crippen LogP contribution in [-0.4, -0.2) is 17.3 Å². The predicted molar refractivity (Wildman–Crippen MR) is 37.5 cm³/mol. The molecule has 0 atom stereocenters. The van der Waals surface area contributed by atoms with Crippen LogP contribution in [0, 0.1) is 0 Å². The van der Waals surface area contributed by atoms with Crippen molar-refractivity contribution >= 4 is 36.6 Å². The lowest BCUT2D eigenvalue weighted by atomic mass is 10.8. The number of halogens is 2. The first-order chi connectivity index (χ1) is 4.00. The quantitative estimate of drug-likeness (QED) is 0.429. The third-order valence-corrected chi connectivity index (χ3v) is 0.287. The molecule has 0 saturated heterocycles. The SMILES string of the molecule is COC(C)=O.O=S(Cl)Cl. The summed E-state index contributed by atoms with van der Waals surface area (Å²) in [5.74, 6) is -0.245. The lowest BCUT2D eigenvalue weighted by molar-refractivity contribution is -0.137. The number of hydrogen-bond acceptors (Lipinski definition) is 3. The van der Waals surface area contributed by atoms with Crippen molar-refractivity contribution in [3.63, 3.8) is 0 Å². The second kappa shape index (κ2) is 8.20. The zero-order chi connectivity index (χ0) is 7.86. The molecule has 0 amide bonds. The molecule has 0 spiro atoms. The maximum absolute atomic E-state index is 9.59. The molecule has 0 N–H and O–H groups in total. The van der Waals surface area contributed by atoms with E-state index in [9.17, 15) is 4.79 Å². The summed E-state index contributed by atoms with van der Waals surface area (Å²) in [7, 11) is 8.71. The van der Waals surface area contributed by atoms with E-state index in [0.717, 1.165) is 0 Å². The van der Waals surface area contributed by atoms with Crippen LogP contribution in [-0.2, 0) is 18.8 Å². The molecule has 56 valence electrons. The summed E-state index contributed by atoms with van der Waals surface area (Å²) in [6.45, 7) is 1.36. The highest BCUT2D eigenvalue weighted by Gasteiger charge is 1.75. The number of carbonyl (C=O) groups excluding carboxylic acids is 1. The van der Waals surface area contributed by atoms with Gasteiger partial charge in [-0.25, -0.2) is 4.21 Å². The molecule has 0 heterocycles. The summed E-state index contributed by atoms with van der Waals surface area (Å²) in [4.78, 5) is 9.59. The van der Waals surface area contributed by atoms with Gasteiger partial charge in [0.25, 0.3) is 0 Å². The molecular formula is C3H6Cl2O3S. The molecule has 0 radical (unpaired) electrons. The molecule has 0 saturated carbocycles. The summed E-state index contributed by atoms with van der Waals surface area (Å²) in [5, 5.41) is 0. The number of esters is 1. The van der Waals surface area contributed by atoms with Gasteiger partial charge in [-0.2, -0.15) is 0 Å². The smallest absolute Gasteiger partial charge is 0.302 e. The van der Waals surface area contributed by atoms with E-state index in [4.69, 9.17) is 4.21 Å². The van der Waals surface area contributed by atoms with Crippen molar-refractivity contribution in [1.29, 1.82) is 0 Å². The van der Waals surface area contributed by atoms with Gasteiger partial charge in [-0.3, -0.25) is 4.79 Å². The molecule has 9 heavy (non-hydrogen) atoms. The van der Waals surface area contributed by atoms with Crippen molar-refractivity contribution in [1.82, 2.24) is 0 Å². The second-order valence-electron chi connectivity index (χ2n) is 0.880. The van der Waals surface area contributed by atoms with Gasteiger partial charge in [0.1, 0.15) is 0 Å². The Morgan fingerprint density at radius 2 is 1.67 bits per heavy atom. The van der Waals surface area contributed by atoms with E-state index in [0.29, 0.717) is 0 Å². The van der Waals surface area contributed by atoms with Gasteiger partial charge in [0.2, 0.25) is 9.23 Å².